The third-order valence-corrected chi connectivity index (χ3v) is 3.12. The van der Waals surface area contributed by atoms with Crippen LogP contribution in [0.25, 0.3) is 0 Å². The molecule has 0 aliphatic rings. The van der Waals surface area contributed by atoms with Crippen molar-refractivity contribution in [1.29, 1.82) is 0 Å². The first-order valence-electron chi connectivity index (χ1n) is 3.98. The van der Waals surface area contributed by atoms with Crippen LogP contribution in [0.3, 0.4) is 0 Å². The fourth-order valence-electron chi connectivity index (χ4n) is 0.842. The average Bonchev–Trinajstić information content (AvgIpc) is 2.15. The molecule has 3 heteroatoms. The molecule has 0 saturated heterocycles. The number of thiol groups is 1. The van der Waals surface area contributed by atoms with Crippen LogP contribution >= 0.6 is 36.0 Å². The Morgan fingerprint density at radius 1 is 1.31 bits per heavy atom. The number of benzene rings is 1. The highest BCUT2D eigenvalue weighted by atomic mass is 35.5. The molecule has 0 spiro atoms. The first-order chi connectivity index (χ1) is 6.34. The molecule has 1 aromatic rings. The Bertz CT molecular complexity index is 284. The zero-order valence-electron chi connectivity index (χ0n) is 7.11. The highest BCUT2D eigenvalue weighted by molar-refractivity contribution is 7.99. The Balaban J connectivity index is 2.45. The minimum Gasteiger partial charge on any atom is -0.175 e. The van der Waals surface area contributed by atoms with Crippen LogP contribution in [0.4, 0.5) is 0 Å². The summed E-state index contributed by atoms with van der Waals surface area (Å²) < 4.78 is 0. The van der Waals surface area contributed by atoms with Crippen LogP contribution < -0.4 is 0 Å². The second-order valence-electron chi connectivity index (χ2n) is 2.40. The normalized spacial score (nSPS) is 10.9. The van der Waals surface area contributed by atoms with E-state index < -0.39 is 0 Å². The zero-order chi connectivity index (χ0) is 9.52. The molecule has 0 bridgehead atoms. The maximum absolute atomic E-state index is 5.98. The van der Waals surface area contributed by atoms with Gasteiger partial charge in [-0.3, -0.25) is 0 Å². The second-order valence-corrected chi connectivity index (χ2v) is 4.23. The van der Waals surface area contributed by atoms with Gasteiger partial charge in [-0.05, 0) is 12.1 Å². The van der Waals surface area contributed by atoms with Crippen molar-refractivity contribution < 1.29 is 0 Å². The fourth-order valence-corrected chi connectivity index (χ4v) is 2.08. The summed E-state index contributed by atoms with van der Waals surface area (Å²) in [5.74, 6) is 1.74. The summed E-state index contributed by atoms with van der Waals surface area (Å²) in [5, 5.41) is 0.826. The van der Waals surface area contributed by atoms with E-state index in [4.69, 9.17) is 11.6 Å². The maximum atomic E-state index is 5.98. The Morgan fingerprint density at radius 3 is 2.77 bits per heavy atom. The van der Waals surface area contributed by atoms with E-state index in [0.717, 1.165) is 21.4 Å². The van der Waals surface area contributed by atoms with Gasteiger partial charge in [0.15, 0.2) is 0 Å². The number of hydrogen-bond donors (Lipinski definition) is 1. The smallest absolute Gasteiger partial charge is 0.0541 e. The van der Waals surface area contributed by atoms with E-state index in [1.54, 1.807) is 11.8 Å². The molecule has 0 saturated carbocycles. The number of rotatable bonds is 4. The number of hydrogen-bond acceptors (Lipinski definition) is 2. The van der Waals surface area contributed by atoms with Crippen molar-refractivity contribution in [2.75, 3.05) is 11.5 Å². The van der Waals surface area contributed by atoms with Crippen LogP contribution in [-0.4, -0.2) is 11.5 Å². The SMILES string of the molecule is SCC=CCSc1ccccc1Cl. The molecule has 0 atom stereocenters. The van der Waals surface area contributed by atoms with Crippen LogP contribution in [0.15, 0.2) is 41.3 Å². The number of halogens is 1. The molecule has 0 heterocycles. The van der Waals surface area contributed by atoms with Crippen molar-refractivity contribution in [3.05, 3.63) is 41.4 Å². The van der Waals surface area contributed by atoms with Gasteiger partial charge in [0.05, 0.1) is 5.02 Å². The first-order valence-corrected chi connectivity index (χ1v) is 5.97. The van der Waals surface area contributed by atoms with E-state index in [9.17, 15) is 0 Å². The van der Waals surface area contributed by atoms with E-state index in [1.165, 1.54) is 0 Å². The Hall–Kier alpha value is -0.0500. The summed E-state index contributed by atoms with van der Waals surface area (Å²) in [6, 6.07) is 7.88. The second kappa shape index (κ2) is 6.41. The highest BCUT2D eigenvalue weighted by Crippen LogP contribution is 2.26. The molecule has 1 rings (SSSR count). The van der Waals surface area contributed by atoms with Crippen LogP contribution in [0.1, 0.15) is 0 Å². The lowest BCUT2D eigenvalue weighted by atomic mass is 10.4. The molecule has 0 N–H and O–H groups in total. The molecule has 13 heavy (non-hydrogen) atoms. The molecule has 0 aliphatic carbocycles. The van der Waals surface area contributed by atoms with Gasteiger partial charge >= 0.3 is 0 Å². The van der Waals surface area contributed by atoms with E-state index >= 15 is 0 Å². The molecule has 70 valence electrons. The number of thioether (sulfide) groups is 1. The topological polar surface area (TPSA) is 0 Å². The fraction of sp³-hybridized carbons (Fsp3) is 0.200. The Kier molecular flexibility index (Phi) is 5.44. The molecule has 0 fully saturated rings. The van der Waals surface area contributed by atoms with Crippen molar-refractivity contribution in [2.24, 2.45) is 0 Å². The molecule has 1 aromatic carbocycles. The van der Waals surface area contributed by atoms with Gasteiger partial charge in [-0.15, -0.1) is 11.8 Å². The van der Waals surface area contributed by atoms with E-state index in [-0.39, 0.29) is 0 Å². The standard InChI is InChI=1S/C10H11ClS2/c11-9-5-1-2-6-10(9)13-8-4-3-7-12/h1-6,12H,7-8H2. The minimum absolute atomic E-state index is 0.795. The molecular weight excluding hydrogens is 220 g/mol. The van der Waals surface area contributed by atoms with E-state index in [1.807, 2.05) is 30.3 Å². The van der Waals surface area contributed by atoms with Gasteiger partial charge in [-0.2, -0.15) is 12.6 Å². The Morgan fingerprint density at radius 2 is 2.08 bits per heavy atom. The summed E-state index contributed by atoms with van der Waals surface area (Å²) in [6.07, 6.45) is 4.13. The first kappa shape index (κ1) is 11.0. The van der Waals surface area contributed by atoms with Gasteiger partial charge in [0.25, 0.3) is 0 Å². The largest absolute Gasteiger partial charge is 0.175 e. The molecule has 0 nitrogen and oxygen atoms in total. The maximum Gasteiger partial charge on any atom is 0.0541 e. The van der Waals surface area contributed by atoms with Crippen LogP contribution in [0, 0.1) is 0 Å². The Labute approximate surface area is 93.8 Å². The third-order valence-electron chi connectivity index (χ3n) is 1.44. The summed E-state index contributed by atoms with van der Waals surface area (Å²) in [5.41, 5.74) is 0. The third kappa shape index (κ3) is 4.12. The summed E-state index contributed by atoms with van der Waals surface area (Å²) in [7, 11) is 0. The van der Waals surface area contributed by atoms with Gasteiger partial charge in [0.2, 0.25) is 0 Å². The van der Waals surface area contributed by atoms with E-state index in [2.05, 4.69) is 18.7 Å². The van der Waals surface area contributed by atoms with Crippen molar-refractivity contribution in [2.45, 2.75) is 4.90 Å². The van der Waals surface area contributed by atoms with Crippen molar-refractivity contribution in [3.8, 4) is 0 Å². The molecule has 0 aromatic heterocycles. The van der Waals surface area contributed by atoms with Crippen molar-refractivity contribution >= 4 is 36.0 Å². The minimum atomic E-state index is 0.795. The van der Waals surface area contributed by atoms with Crippen LogP contribution in [0.2, 0.25) is 5.02 Å². The van der Waals surface area contributed by atoms with Gasteiger partial charge in [-0.25, -0.2) is 0 Å². The van der Waals surface area contributed by atoms with Gasteiger partial charge in [0.1, 0.15) is 0 Å². The lowest BCUT2D eigenvalue weighted by Gasteiger charge is -1.99. The molecule has 0 unspecified atom stereocenters. The summed E-state index contributed by atoms with van der Waals surface area (Å²) >= 11 is 11.8. The highest BCUT2D eigenvalue weighted by Gasteiger charge is 1.96. The zero-order valence-corrected chi connectivity index (χ0v) is 9.58. The summed E-state index contributed by atoms with van der Waals surface area (Å²) in [4.78, 5) is 1.13. The lowest BCUT2D eigenvalue weighted by molar-refractivity contribution is 1.46. The van der Waals surface area contributed by atoms with Gasteiger partial charge < -0.3 is 0 Å². The lowest BCUT2D eigenvalue weighted by Crippen LogP contribution is -1.75. The quantitative estimate of drug-likeness (QED) is 0.465. The van der Waals surface area contributed by atoms with Gasteiger partial charge in [-0.1, -0.05) is 35.9 Å². The molecule has 0 aliphatic heterocycles. The molecule has 0 amide bonds. The molecular formula is C10H11ClS2. The summed E-state index contributed by atoms with van der Waals surface area (Å²) in [6.45, 7) is 0. The average molecular weight is 231 g/mol. The van der Waals surface area contributed by atoms with Crippen molar-refractivity contribution in [3.63, 3.8) is 0 Å². The van der Waals surface area contributed by atoms with E-state index in [0.29, 0.717) is 0 Å². The van der Waals surface area contributed by atoms with Crippen LogP contribution in [0.5, 0.6) is 0 Å². The van der Waals surface area contributed by atoms with Crippen molar-refractivity contribution in [1.82, 2.24) is 0 Å². The predicted octanol–water partition coefficient (Wildman–Crippen LogP) is 3.92. The van der Waals surface area contributed by atoms with Gasteiger partial charge in [0, 0.05) is 16.4 Å². The molecule has 0 radical (unpaired) electrons. The monoisotopic (exact) mass is 230 g/mol. The predicted molar refractivity (Wildman–Crippen MR) is 65.2 cm³/mol. The van der Waals surface area contributed by atoms with Crippen LogP contribution in [-0.2, 0) is 0 Å².